The average molecular weight is 436 g/mol. The van der Waals surface area contributed by atoms with Gasteiger partial charge in [-0.15, -0.1) is 11.3 Å². The zero-order valence-electron chi connectivity index (χ0n) is 17.7. The summed E-state index contributed by atoms with van der Waals surface area (Å²) in [5.41, 5.74) is 2.29. The van der Waals surface area contributed by atoms with E-state index in [1.165, 1.54) is 10.4 Å². The summed E-state index contributed by atoms with van der Waals surface area (Å²) in [4.78, 5) is 19.0. The molecule has 0 spiro atoms. The molecule has 0 aromatic carbocycles. The summed E-state index contributed by atoms with van der Waals surface area (Å²) in [5, 5.41) is 9.01. The van der Waals surface area contributed by atoms with Crippen molar-refractivity contribution < 1.29 is 4.74 Å². The maximum atomic E-state index is 5.47. The molecule has 4 aromatic heterocycles. The molecule has 1 saturated heterocycles. The van der Waals surface area contributed by atoms with E-state index < -0.39 is 0 Å². The van der Waals surface area contributed by atoms with E-state index in [9.17, 15) is 0 Å². The second-order valence-electron chi connectivity index (χ2n) is 7.63. The standard InChI is InChI=1S/C22H25N7OS/c1-15-16(2)31-22-19(15)20(26-18(27-22)14-28-9-11-30-12-10-28)24-13-17-5-3-6-23-21(17)29-8-4-7-25-29/h3-8H,9-14H2,1-2H3,(H,24,26,27). The van der Waals surface area contributed by atoms with Gasteiger partial charge in [-0.2, -0.15) is 5.10 Å². The van der Waals surface area contributed by atoms with Crippen LogP contribution in [0.3, 0.4) is 0 Å². The van der Waals surface area contributed by atoms with Crippen molar-refractivity contribution in [1.82, 2.24) is 29.6 Å². The van der Waals surface area contributed by atoms with E-state index in [1.54, 1.807) is 28.4 Å². The molecule has 0 aliphatic carbocycles. The Morgan fingerprint density at radius 2 is 2.00 bits per heavy atom. The largest absolute Gasteiger partial charge is 0.379 e. The van der Waals surface area contributed by atoms with Crippen LogP contribution >= 0.6 is 11.3 Å². The summed E-state index contributed by atoms with van der Waals surface area (Å²) < 4.78 is 7.26. The van der Waals surface area contributed by atoms with E-state index in [1.807, 2.05) is 18.3 Å². The molecule has 5 heterocycles. The van der Waals surface area contributed by atoms with Gasteiger partial charge < -0.3 is 10.1 Å². The molecule has 8 nitrogen and oxygen atoms in total. The normalized spacial score (nSPS) is 14.9. The van der Waals surface area contributed by atoms with E-state index in [0.717, 1.165) is 66.1 Å². The van der Waals surface area contributed by atoms with Gasteiger partial charge in [0.15, 0.2) is 5.82 Å². The number of aryl methyl sites for hydroxylation is 2. The Morgan fingerprint density at radius 3 is 2.81 bits per heavy atom. The number of hydrogen-bond acceptors (Lipinski definition) is 8. The van der Waals surface area contributed by atoms with Crippen molar-refractivity contribution in [2.75, 3.05) is 31.6 Å². The second-order valence-corrected chi connectivity index (χ2v) is 8.83. The SMILES string of the molecule is Cc1sc2nc(CN3CCOCC3)nc(NCc3cccnc3-n3cccn3)c2c1C. The molecule has 0 atom stereocenters. The Labute approximate surface area is 184 Å². The summed E-state index contributed by atoms with van der Waals surface area (Å²) in [6, 6.07) is 5.91. The third-order valence-electron chi connectivity index (χ3n) is 5.58. The van der Waals surface area contributed by atoms with Crippen molar-refractivity contribution >= 4 is 27.4 Å². The summed E-state index contributed by atoms with van der Waals surface area (Å²) in [5.74, 6) is 2.54. The summed E-state index contributed by atoms with van der Waals surface area (Å²) in [6.45, 7) is 8.97. The lowest BCUT2D eigenvalue weighted by atomic mass is 10.2. The van der Waals surface area contributed by atoms with E-state index in [2.05, 4.69) is 40.2 Å². The molecule has 1 aliphatic heterocycles. The van der Waals surface area contributed by atoms with Gasteiger partial charge in [-0.05, 0) is 31.5 Å². The number of fused-ring (bicyclic) bond motifs is 1. The molecule has 0 amide bonds. The number of morpholine rings is 1. The van der Waals surface area contributed by atoms with Crippen LogP contribution in [0.5, 0.6) is 0 Å². The van der Waals surface area contributed by atoms with Gasteiger partial charge in [0.05, 0.1) is 25.1 Å². The first kappa shape index (κ1) is 20.0. The maximum Gasteiger partial charge on any atom is 0.158 e. The predicted octanol–water partition coefficient (Wildman–Crippen LogP) is 3.33. The Morgan fingerprint density at radius 1 is 1.13 bits per heavy atom. The van der Waals surface area contributed by atoms with Crippen molar-refractivity contribution in [1.29, 1.82) is 0 Å². The van der Waals surface area contributed by atoms with Crippen LogP contribution in [0.2, 0.25) is 0 Å². The Hall–Kier alpha value is -2.88. The number of aromatic nitrogens is 5. The molecule has 0 radical (unpaired) electrons. The van der Waals surface area contributed by atoms with E-state index in [-0.39, 0.29) is 0 Å². The number of thiophene rings is 1. The number of rotatable bonds is 6. The Balaban J connectivity index is 1.46. The highest BCUT2D eigenvalue weighted by Gasteiger charge is 2.18. The maximum absolute atomic E-state index is 5.47. The average Bonchev–Trinajstić information content (AvgIpc) is 3.42. The number of ether oxygens (including phenoxy) is 1. The highest BCUT2D eigenvalue weighted by molar-refractivity contribution is 7.18. The first-order valence-electron chi connectivity index (χ1n) is 10.4. The molecule has 1 fully saturated rings. The van der Waals surface area contributed by atoms with Crippen molar-refractivity contribution in [2.24, 2.45) is 0 Å². The quantitative estimate of drug-likeness (QED) is 0.497. The predicted molar refractivity (Wildman–Crippen MR) is 122 cm³/mol. The van der Waals surface area contributed by atoms with Gasteiger partial charge >= 0.3 is 0 Å². The van der Waals surface area contributed by atoms with Gasteiger partial charge in [-0.3, -0.25) is 4.90 Å². The van der Waals surface area contributed by atoms with Crippen molar-refractivity contribution in [3.8, 4) is 5.82 Å². The summed E-state index contributed by atoms with van der Waals surface area (Å²) in [7, 11) is 0. The van der Waals surface area contributed by atoms with Gasteiger partial charge in [0, 0.05) is 48.7 Å². The lowest BCUT2D eigenvalue weighted by molar-refractivity contribution is 0.0331. The van der Waals surface area contributed by atoms with Crippen LogP contribution in [-0.4, -0.2) is 55.9 Å². The molecule has 9 heteroatoms. The summed E-state index contributed by atoms with van der Waals surface area (Å²) in [6.07, 6.45) is 5.45. The molecule has 5 rings (SSSR count). The van der Waals surface area contributed by atoms with Crippen LogP contribution in [0, 0.1) is 13.8 Å². The fraction of sp³-hybridized carbons (Fsp3) is 0.364. The van der Waals surface area contributed by atoms with E-state index in [0.29, 0.717) is 6.54 Å². The minimum atomic E-state index is 0.598. The highest BCUT2D eigenvalue weighted by Crippen LogP contribution is 2.33. The van der Waals surface area contributed by atoms with Gasteiger partial charge in [0.2, 0.25) is 0 Å². The van der Waals surface area contributed by atoms with Gasteiger partial charge in [0.25, 0.3) is 0 Å². The van der Waals surface area contributed by atoms with E-state index in [4.69, 9.17) is 14.7 Å². The molecule has 4 aromatic rings. The van der Waals surface area contributed by atoms with E-state index >= 15 is 0 Å². The zero-order valence-corrected chi connectivity index (χ0v) is 18.5. The molecule has 1 aliphatic rings. The molecule has 0 bridgehead atoms. The lowest BCUT2D eigenvalue weighted by Crippen LogP contribution is -2.36. The van der Waals surface area contributed by atoms with Crippen LogP contribution in [0.4, 0.5) is 5.82 Å². The van der Waals surface area contributed by atoms with Crippen molar-refractivity contribution in [3.05, 3.63) is 58.6 Å². The van der Waals surface area contributed by atoms with Gasteiger partial charge in [-0.1, -0.05) is 6.07 Å². The highest BCUT2D eigenvalue weighted by atomic mass is 32.1. The first-order chi connectivity index (χ1) is 15.2. The van der Waals surface area contributed by atoms with Crippen molar-refractivity contribution in [2.45, 2.75) is 26.9 Å². The minimum absolute atomic E-state index is 0.598. The van der Waals surface area contributed by atoms with Crippen LogP contribution in [0.1, 0.15) is 21.8 Å². The molecule has 160 valence electrons. The van der Waals surface area contributed by atoms with Gasteiger partial charge in [-0.25, -0.2) is 19.6 Å². The zero-order chi connectivity index (χ0) is 21.2. The number of pyridine rings is 1. The van der Waals surface area contributed by atoms with Crippen LogP contribution < -0.4 is 5.32 Å². The fourth-order valence-electron chi connectivity index (χ4n) is 3.80. The third-order valence-corrected chi connectivity index (χ3v) is 6.68. The molecule has 0 saturated carbocycles. The second kappa shape index (κ2) is 8.70. The fourth-order valence-corrected chi connectivity index (χ4v) is 4.85. The van der Waals surface area contributed by atoms with Crippen LogP contribution in [0.25, 0.3) is 16.0 Å². The number of hydrogen-bond donors (Lipinski definition) is 1. The van der Waals surface area contributed by atoms with Crippen LogP contribution in [-0.2, 0) is 17.8 Å². The first-order valence-corrected chi connectivity index (χ1v) is 11.2. The Bertz CT molecular complexity index is 1180. The number of nitrogens with one attached hydrogen (secondary N) is 1. The monoisotopic (exact) mass is 435 g/mol. The molecular weight excluding hydrogens is 410 g/mol. The Kier molecular flexibility index (Phi) is 5.63. The molecule has 31 heavy (non-hydrogen) atoms. The van der Waals surface area contributed by atoms with Gasteiger partial charge in [0.1, 0.15) is 16.5 Å². The topological polar surface area (TPSA) is 81.0 Å². The third kappa shape index (κ3) is 4.16. The molecule has 0 unspecified atom stereocenters. The lowest BCUT2D eigenvalue weighted by Gasteiger charge is -2.25. The number of anilines is 1. The summed E-state index contributed by atoms with van der Waals surface area (Å²) >= 11 is 1.73. The molecular formula is C22H25N7OS. The smallest absolute Gasteiger partial charge is 0.158 e. The molecule has 1 N–H and O–H groups in total. The minimum Gasteiger partial charge on any atom is -0.379 e. The van der Waals surface area contributed by atoms with Crippen LogP contribution in [0.15, 0.2) is 36.8 Å². The number of nitrogens with zero attached hydrogens (tertiary/aromatic N) is 6. The van der Waals surface area contributed by atoms with Crippen molar-refractivity contribution in [3.63, 3.8) is 0 Å².